The number of carbonyl (C=O) groups is 2. The molecular formula is C12H11BrO3S. The molecule has 0 amide bonds. The lowest BCUT2D eigenvalue weighted by atomic mass is 9.97. The molecule has 1 aromatic carbocycles. The van der Waals surface area contributed by atoms with Crippen molar-refractivity contribution < 1.29 is 14.3 Å². The zero-order chi connectivity index (χ0) is 12.6. The van der Waals surface area contributed by atoms with E-state index in [1.165, 1.54) is 18.9 Å². The van der Waals surface area contributed by atoms with Crippen molar-refractivity contribution in [2.45, 2.75) is 16.1 Å². The highest BCUT2D eigenvalue weighted by Crippen LogP contribution is 2.40. The van der Waals surface area contributed by atoms with Gasteiger partial charge >= 0.3 is 5.97 Å². The van der Waals surface area contributed by atoms with Crippen LogP contribution in [0.15, 0.2) is 23.1 Å². The molecule has 2 rings (SSSR count). The van der Waals surface area contributed by atoms with Crippen molar-refractivity contribution in [2.75, 3.05) is 12.9 Å². The summed E-state index contributed by atoms with van der Waals surface area (Å²) in [5.41, 5.74) is 1.59. The van der Waals surface area contributed by atoms with E-state index in [0.29, 0.717) is 11.3 Å². The number of Topliss-reactive ketones (excluding diaryl/α,β-unsaturated/α-hetero) is 1. The fraction of sp³-hybridized carbons (Fsp3) is 0.333. The van der Waals surface area contributed by atoms with Crippen LogP contribution in [-0.4, -0.2) is 28.9 Å². The number of benzene rings is 1. The molecule has 0 bridgehead atoms. The first-order chi connectivity index (χ1) is 7.99. The monoisotopic (exact) mass is 314 g/mol. The van der Waals surface area contributed by atoms with Crippen molar-refractivity contribution in [1.29, 1.82) is 0 Å². The minimum Gasteiger partial charge on any atom is -0.468 e. The molecule has 0 fully saturated rings. The van der Waals surface area contributed by atoms with Crippen LogP contribution in [-0.2, 0) is 9.53 Å². The van der Waals surface area contributed by atoms with Gasteiger partial charge in [-0.3, -0.25) is 9.59 Å². The number of esters is 1. The maximum Gasteiger partial charge on any atom is 0.331 e. The van der Waals surface area contributed by atoms with E-state index in [4.69, 9.17) is 0 Å². The number of carbonyl (C=O) groups excluding carboxylic acids is 2. The summed E-state index contributed by atoms with van der Waals surface area (Å²) in [5, 5.41) is 0. The van der Waals surface area contributed by atoms with Crippen molar-refractivity contribution in [1.82, 2.24) is 0 Å². The summed E-state index contributed by atoms with van der Waals surface area (Å²) in [6.45, 7) is 1.92. The summed E-state index contributed by atoms with van der Waals surface area (Å²) in [6.07, 6.45) is 0. The summed E-state index contributed by atoms with van der Waals surface area (Å²) in [6, 6.07) is 5.68. The topological polar surface area (TPSA) is 43.4 Å². The normalized spacial score (nSPS) is 23.1. The maximum absolute atomic E-state index is 12.3. The largest absolute Gasteiger partial charge is 0.468 e. The zero-order valence-corrected chi connectivity index (χ0v) is 11.9. The summed E-state index contributed by atoms with van der Waals surface area (Å²) >= 11 is 4.72. The van der Waals surface area contributed by atoms with Gasteiger partial charge in [0, 0.05) is 16.2 Å². The molecule has 5 heteroatoms. The van der Waals surface area contributed by atoms with E-state index < -0.39 is 10.3 Å². The van der Waals surface area contributed by atoms with Gasteiger partial charge in [0.25, 0.3) is 0 Å². The van der Waals surface area contributed by atoms with Gasteiger partial charge in [0.05, 0.1) is 7.11 Å². The Hall–Kier alpha value is -0.810. The average Bonchev–Trinajstić information content (AvgIpc) is 2.33. The lowest BCUT2D eigenvalue weighted by Crippen LogP contribution is -2.46. The number of thioether (sulfide) groups is 1. The number of hydrogen-bond donors (Lipinski definition) is 0. The Bertz CT molecular complexity index is 501. The van der Waals surface area contributed by atoms with Crippen LogP contribution >= 0.6 is 27.7 Å². The summed E-state index contributed by atoms with van der Waals surface area (Å²) < 4.78 is 3.45. The first kappa shape index (κ1) is 12.6. The predicted molar refractivity (Wildman–Crippen MR) is 69.9 cm³/mol. The average molecular weight is 315 g/mol. The third-order valence-corrected chi connectivity index (χ3v) is 5.25. The molecule has 1 aromatic rings. The second-order valence-electron chi connectivity index (χ2n) is 3.91. The van der Waals surface area contributed by atoms with Gasteiger partial charge in [-0.15, -0.1) is 11.8 Å². The maximum atomic E-state index is 12.3. The smallest absolute Gasteiger partial charge is 0.331 e. The Labute approximate surface area is 112 Å². The lowest BCUT2D eigenvalue weighted by molar-refractivity contribution is -0.141. The molecular weight excluding hydrogens is 304 g/mol. The van der Waals surface area contributed by atoms with E-state index in [-0.39, 0.29) is 5.78 Å². The molecule has 3 nitrogen and oxygen atoms in total. The molecule has 1 unspecified atom stereocenters. The van der Waals surface area contributed by atoms with Gasteiger partial charge in [-0.05, 0) is 19.1 Å². The van der Waals surface area contributed by atoms with E-state index in [1.807, 2.05) is 25.1 Å². The van der Waals surface area contributed by atoms with E-state index in [1.54, 1.807) is 0 Å². The second-order valence-corrected chi connectivity index (χ2v) is 6.28. The van der Waals surface area contributed by atoms with Crippen molar-refractivity contribution in [3.63, 3.8) is 0 Å². The van der Waals surface area contributed by atoms with Crippen LogP contribution in [0.2, 0.25) is 0 Å². The second kappa shape index (κ2) is 4.46. The number of rotatable bonds is 1. The molecule has 0 aliphatic carbocycles. The molecule has 0 N–H and O–H groups in total. The van der Waals surface area contributed by atoms with Crippen LogP contribution in [0.1, 0.15) is 15.9 Å². The molecule has 1 aliphatic heterocycles. The van der Waals surface area contributed by atoms with Crippen LogP contribution in [0.25, 0.3) is 0 Å². The summed E-state index contributed by atoms with van der Waals surface area (Å²) in [4.78, 5) is 24.9. The first-order valence-corrected chi connectivity index (χ1v) is 6.82. The quantitative estimate of drug-likeness (QED) is 0.454. The van der Waals surface area contributed by atoms with Crippen molar-refractivity contribution in [3.05, 3.63) is 29.3 Å². The number of aryl methyl sites for hydroxylation is 1. The van der Waals surface area contributed by atoms with Crippen molar-refractivity contribution in [2.24, 2.45) is 0 Å². The highest BCUT2D eigenvalue weighted by Gasteiger charge is 2.48. The van der Waals surface area contributed by atoms with Crippen LogP contribution in [0.4, 0.5) is 0 Å². The molecule has 17 heavy (non-hydrogen) atoms. The van der Waals surface area contributed by atoms with Gasteiger partial charge in [-0.25, -0.2) is 0 Å². The van der Waals surface area contributed by atoms with Gasteiger partial charge in [-0.2, -0.15) is 0 Å². The minimum atomic E-state index is -1.24. The number of ether oxygens (including phenoxy) is 1. The van der Waals surface area contributed by atoms with Crippen LogP contribution in [0.3, 0.4) is 0 Å². The highest BCUT2D eigenvalue weighted by atomic mass is 79.9. The van der Waals surface area contributed by atoms with Crippen molar-refractivity contribution in [3.8, 4) is 0 Å². The molecule has 1 atom stereocenters. The Morgan fingerprint density at radius 2 is 2.24 bits per heavy atom. The Kier molecular flexibility index (Phi) is 3.32. The molecule has 0 radical (unpaired) electrons. The van der Waals surface area contributed by atoms with Gasteiger partial charge in [0.2, 0.25) is 0 Å². The minimum absolute atomic E-state index is 0.221. The van der Waals surface area contributed by atoms with Crippen LogP contribution < -0.4 is 0 Å². The Morgan fingerprint density at radius 3 is 2.88 bits per heavy atom. The SMILES string of the molecule is COC(=O)C1(Br)CSc2ccc(C)cc2C1=O. The van der Waals surface area contributed by atoms with Crippen molar-refractivity contribution >= 4 is 39.4 Å². The number of hydrogen-bond acceptors (Lipinski definition) is 4. The Morgan fingerprint density at radius 1 is 1.53 bits per heavy atom. The number of methoxy groups -OCH3 is 1. The number of fused-ring (bicyclic) bond motifs is 1. The number of alkyl halides is 1. The molecule has 0 saturated carbocycles. The van der Waals surface area contributed by atoms with E-state index in [2.05, 4.69) is 20.7 Å². The number of halogens is 1. The molecule has 0 spiro atoms. The summed E-state index contributed by atoms with van der Waals surface area (Å²) in [7, 11) is 1.29. The molecule has 0 aromatic heterocycles. The molecule has 1 aliphatic rings. The standard InChI is InChI=1S/C12H11BrO3S/c1-7-3-4-9-8(5-7)10(14)12(13,6-17-9)11(15)16-2/h3-5H,6H2,1-2H3. The van der Waals surface area contributed by atoms with Crippen LogP contribution in [0, 0.1) is 6.92 Å². The van der Waals surface area contributed by atoms with Gasteiger partial charge in [0.1, 0.15) is 0 Å². The molecule has 0 saturated heterocycles. The molecule has 1 heterocycles. The molecule has 90 valence electrons. The van der Waals surface area contributed by atoms with Gasteiger partial charge < -0.3 is 4.74 Å². The highest BCUT2D eigenvalue weighted by molar-refractivity contribution is 9.10. The number of ketones is 1. The summed E-state index contributed by atoms with van der Waals surface area (Å²) in [5.74, 6) is -0.405. The first-order valence-electron chi connectivity index (χ1n) is 5.04. The predicted octanol–water partition coefficient (Wildman–Crippen LogP) is 2.59. The Balaban J connectivity index is 2.48. The fourth-order valence-corrected chi connectivity index (χ4v) is 3.51. The van der Waals surface area contributed by atoms with E-state index in [0.717, 1.165) is 10.5 Å². The zero-order valence-electron chi connectivity index (χ0n) is 9.45. The van der Waals surface area contributed by atoms with Crippen LogP contribution in [0.5, 0.6) is 0 Å². The van der Waals surface area contributed by atoms with Gasteiger partial charge in [0.15, 0.2) is 10.1 Å². The fourth-order valence-electron chi connectivity index (χ4n) is 1.72. The van der Waals surface area contributed by atoms with E-state index in [9.17, 15) is 9.59 Å². The third kappa shape index (κ3) is 2.02. The van der Waals surface area contributed by atoms with E-state index >= 15 is 0 Å². The van der Waals surface area contributed by atoms with Gasteiger partial charge in [-0.1, -0.05) is 27.6 Å². The third-order valence-electron chi connectivity index (χ3n) is 2.68. The lowest BCUT2D eigenvalue weighted by Gasteiger charge is -2.28.